The lowest BCUT2D eigenvalue weighted by Crippen LogP contribution is -2.31. The lowest BCUT2D eigenvalue weighted by Gasteiger charge is -2.28. The second kappa shape index (κ2) is 6.18. The first-order chi connectivity index (χ1) is 8.32. The van der Waals surface area contributed by atoms with Crippen molar-refractivity contribution in [2.24, 2.45) is 5.41 Å². The smallest absolute Gasteiger partial charge is 0.229 e. The Morgan fingerprint density at radius 2 is 1.78 bits per heavy atom. The van der Waals surface area contributed by atoms with Gasteiger partial charge in [-0.05, 0) is 30.4 Å². The van der Waals surface area contributed by atoms with Crippen LogP contribution in [0, 0.1) is 5.41 Å². The summed E-state index contributed by atoms with van der Waals surface area (Å²) in [7, 11) is 0. The third-order valence-corrected chi connectivity index (χ3v) is 2.95. The van der Waals surface area contributed by atoms with Crippen LogP contribution in [0.3, 0.4) is 0 Å². The average molecular weight is 272 g/mol. The van der Waals surface area contributed by atoms with Gasteiger partial charge in [0.15, 0.2) is 0 Å². The summed E-state index contributed by atoms with van der Waals surface area (Å²) in [5.74, 6) is 1.02. The fourth-order valence-electron chi connectivity index (χ4n) is 1.14. The Hall–Kier alpha value is -1.10. The molecule has 0 aliphatic heterocycles. The van der Waals surface area contributed by atoms with Crippen LogP contribution >= 0.6 is 11.6 Å². The van der Waals surface area contributed by atoms with E-state index in [1.54, 1.807) is 0 Å². The van der Waals surface area contributed by atoms with Gasteiger partial charge in [-0.25, -0.2) is 0 Å². The Balaban J connectivity index is 2.79. The van der Waals surface area contributed by atoms with Crippen molar-refractivity contribution in [3.63, 3.8) is 0 Å². The zero-order valence-corrected chi connectivity index (χ0v) is 12.5. The van der Waals surface area contributed by atoms with E-state index in [9.17, 15) is 0 Å². The van der Waals surface area contributed by atoms with Crippen LogP contribution in [0.5, 0.6) is 0 Å². The maximum atomic E-state index is 5.88. The molecule has 1 aromatic heterocycles. The molecule has 0 saturated carbocycles. The van der Waals surface area contributed by atoms with Crippen molar-refractivity contribution >= 4 is 23.5 Å². The van der Waals surface area contributed by atoms with E-state index in [2.05, 4.69) is 60.2 Å². The quantitative estimate of drug-likeness (QED) is 0.861. The number of nitrogens with one attached hydrogen (secondary N) is 2. The highest BCUT2D eigenvalue weighted by molar-refractivity contribution is 6.28. The van der Waals surface area contributed by atoms with Crippen LogP contribution in [0.25, 0.3) is 0 Å². The van der Waals surface area contributed by atoms with Gasteiger partial charge in [0.1, 0.15) is 0 Å². The molecule has 0 radical (unpaired) electrons. The highest BCUT2D eigenvalue weighted by Crippen LogP contribution is 2.22. The Bertz CT molecular complexity index is 389. The van der Waals surface area contributed by atoms with E-state index < -0.39 is 0 Å². The molecular formula is C12H22ClN5. The van der Waals surface area contributed by atoms with Gasteiger partial charge in [-0.3, -0.25) is 0 Å². The van der Waals surface area contributed by atoms with Gasteiger partial charge in [-0.1, -0.05) is 27.7 Å². The molecule has 0 spiro atoms. The molecule has 0 saturated heterocycles. The monoisotopic (exact) mass is 271 g/mol. The van der Waals surface area contributed by atoms with Crippen LogP contribution in [0.2, 0.25) is 5.28 Å². The van der Waals surface area contributed by atoms with Crippen LogP contribution in [0.4, 0.5) is 11.9 Å². The largest absolute Gasteiger partial charge is 0.354 e. The minimum absolute atomic E-state index is 0.121. The number of halogens is 1. The Labute approximate surface area is 114 Å². The summed E-state index contributed by atoms with van der Waals surface area (Å²) in [6.07, 6.45) is 1.00. The molecular weight excluding hydrogens is 250 g/mol. The maximum Gasteiger partial charge on any atom is 0.229 e. The van der Waals surface area contributed by atoms with Crippen molar-refractivity contribution in [1.29, 1.82) is 0 Å². The van der Waals surface area contributed by atoms with Gasteiger partial charge in [0, 0.05) is 12.6 Å². The molecule has 1 aromatic rings. The van der Waals surface area contributed by atoms with Gasteiger partial charge in [0.05, 0.1) is 0 Å². The first-order valence-corrected chi connectivity index (χ1v) is 6.62. The topological polar surface area (TPSA) is 62.7 Å². The van der Waals surface area contributed by atoms with Crippen molar-refractivity contribution in [1.82, 2.24) is 15.0 Å². The van der Waals surface area contributed by atoms with E-state index in [0.717, 1.165) is 13.0 Å². The summed E-state index contributed by atoms with van der Waals surface area (Å²) in [4.78, 5) is 12.4. The third-order valence-electron chi connectivity index (χ3n) is 2.79. The van der Waals surface area contributed by atoms with Crippen molar-refractivity contribution in [3.8, 4) is 0 Å². The molecule has 1 atom stereocenters. The van der Waals surface area contributed by atoms with Gasteiger partial charge >= 0.3 is 0 Å². The van der Waals surface area contributed by atoms with E-state index in [-0.39, 0.29) is 16.7 Å². The molecule has 102 valence electrons. The highest BCUT2D eigenvalue weighted by Gasteiger charge is 2.21. The van der Waals surface area contributed by atoms with E-state index in [4.69, 9.17) is 11.6 Å². The molecule has 0 aromatic carbocycles. The SMILES string of the molecule is CCCNc1nc(Cl)nc(NC(C)C(C)(C)C)n1. The van der Waals surface area contributed by atoms with Crippen molar-refractivity contribution in [2.75, 3.05) is 17.2 Å². The summed E-state index contributed by atoms with van der Waals surface area (Å²) in [5, 5.41) is 6.55. The lowest BCUT2D eigenvalue weighted by molar-refractivity contribution is 0.358. The molecule has 0 amide bonds. The lowest BCUT2D eigenvalue weighted by atomic mass is 9.88. The molecule has 5 nitrogen and oxygen atoms in total. The second-order valence-corrected chi connectivity index (χ2v) is 5.75. The minimum atomic E-state index is 0.121. The molecule has 1 heterocycles. The van der Waals surface area contributed by atoms with Crippen molar-refractivity contribution in [3.05, 3.63) is 5.28 Å². The Morgan fingerprint density at radius 3 is 2.33 bits per heavy atom. The zero-order chi connectivity index (χ0) is 13.8. The van der Waals surface area contributed by atoms with Gasteiger partial charge in [0.25, 0.3) is 0 Å². The number of rotatable bonds is 5. The average Bonchev–Trinajstić information content (AvgIpc) is 2.24. The van der Waals surface area contributed by atoms with Gasteiger partial charge in [0.2, 0.25) is 17.2 Å². The first-order valence-electron chi connectivity index (χ1n) is 6.25. The van der Waals surface area contributed by atoms with E-state index in [0.29, 0.717) is 11.9 Å². The van der Waals surface area contributed by atoms with Gasteiger partial charge in [-0.2, -0.15) is 15.0 Å². The fourth-order valence-corrected chi connectivity index (χ4v) is 1.30. The summed E-state index contributed by atoms with van der Waals surface area (Å²) >= 11 is 5.88. The Morgan fingerprint density at radius 1 is 1.17 bits per heavy atom. The van der Waals surface area contributed by atoms with Gasteiger partial charge < -0.3 is 10.6 Å². The molecule has 18 heavy (non-hydrogen) atoms. The Kier molecular flexibility index (Phi) is 5.14. The summed E-state index contributed by atoms with van der Waals surface area (Å²) < 4.78 is 0. The van der Waals surface area contributed by atoms with Crippen molar-refractivity contribution < 1.29 is 0 Å². The van der Waals surface area contributed by atoms with Crippen LogP contribution in [0.1, 0.15) is 41.0 Å². The molecule has 0 aliphatic rings. The summed E-state index contributed by atoms with van der Waals surface area (Å²) in [6, 6.07) is 0.231. The van der Waals surface area contributed by atoms with Crippen LogP contribution in [0.15, 0.2) is 0 Å². The normalized spacial score (nSPS) is 13.2. The molecule has 6 heteroatoms. The number of hydrogen-bond acceptors (Lipinski definition) is 5. The molecule has 0 fully saturated rings. The molecule has 0 bridgehead atoms. The second-order valence-electron chi connectivity index (χ2n) is 5.41. The fraction of sp³-hybridized carbons (Fsp3) is 0.750. The number of hydrogen-bond donors (Lipinski definition) is 2. The predicted molar refractivity (Wildman–Crippen MR) is 76.2 cm³/mol. The van der Waals surface area contributed by atoms with Crippen LogP contribution in [-0.4, -0.2) is 27.5 Å². The molecule has 0 aliphatic carbocycles. The summed E-state index contributed by atoms with van der Waals surface area (Å²) in [6.45, 7) is 11.5. The standard InChI is InChI=1S/C12H22ClN5/c1-6-7-14-10-16-9(13)17-11(18-10)15-8(2)12(3,4)5/h8H,6-7H2,1-5H3,(H2,14,15,16,17,18). The summed E-state index contributed by atoms with van der Waals surface area (Å²) in [5.41, 5.74) is 0.121. The van der Waals surface area contributed by atoms with E-state index >= 15 is 0 Å². The maximum absolute atomic E-state index is 5.88. The number of aromatic nitrogens is 3. The minimum Gasteiger partial charge on any atom is -0.354 e. The number of nitrogens with zero attached hydrogens (tertiary/aromatic N) is 3. The molecule has 1 unspecified atom stereocenters. The first kappa shape index (κ1) is 15.0. The van der Waals surface area contributed by atoms with Crippen LogP contribution < -0.4 is 10.6 Å². The number of anilines is 2. The third kappa shape index (κ3) is 4.64. The molecule has 1 rings (SSSR count). The highest BCUT2D eigenvalue weighted by atomic mass is 35.5. The predicted octanol–water partition coefficient (Wildman–Crippen LogP) is 3.19. The zero-order valence-electron chi connectivity index (χ0n) is 11.7. The van der Waals surface area contributed by atoms with E-state index in [1.807, 2.05) is 0 Å². The van der Waals surface area contributed by atoms with Crippen LogP contribution in [-0.2, 0) is 0 Å². The van der Waals surface area contributed by atoms with Crippen molar-refractivity contribution in [2.45, 2.75) is 47.1 Å². The molecule has 2 N–H and O–H groups in total. The van der Waals surface area contributed by atoms with E-state index in [1.165, 1.54) is 0 Å². The van der Waals surface area contributed by atoms with Gasteiger partial charge in [-0.15, -0.1) is 0 Å².